The number of anilines is 1. The van der Waals surface area contributed by atoms with E-state index in [1.807, 2.05) is 6.92 Å². The zero-order valence-corrected chi connectivity index (χ0v) is 13.4. The van der Waals surface area contributed by atoms with E-state index < -0.39 is 0 Å². The third kappa shape index (κ3) is 3.32. The molecule has 2 rings (SSSR count). The van der Waals surface area contributed by atoms with Crippen LogP contribution in [-0.2, 0) is 0 Å². The molecule has 112 valence electrons. The van der Waals surface area contributed by atoms with Gasteiger partial charge in [-0.2, -0.15) is 0 Å². The van der Waals surface area contributed by atoms with Gasteiger partial charge in [-0.05, 0) is 50.8 Å². The second-order valence-electron chi connectivity index (χ2n) is 5.33. The molecule has 2 aromatic rings. The van der Waals surface area contributed by atoms with Gasteiger partial charge in [0.25, 0.3) is 0 Å². The highest BCUT2D eigenvalue weighted by atomic mass is 16.5. The number of hydrogen-bond donors (Lipinski definition) is 1. The molecule has 0 bridgehead atoms. The van der Waals surface area contributed by atoms with Crippen molar-refractivity contribution in [2.75, 3.05) is 11.9 Å². The lowest BCUT2D eigenvalue weighted by molar-refractivity contribution is 0.450. The molecule has 0 spiro atoms. The summed E-state index contributed by atoms with van der Waals surface area (Å²) in [6.07, 6.45) is 2.59. The van der Waals surface area contributed by atoms with Gasteiger partial charge in [-0.25, -0.2) is 9.97 Å². The van der Waals surface area contributed by atoms with Crippen LogP contribution in [0.25, 0.3) is 0 Å². The maximum atomic E-state index is 6.08. The highest BCUT2D eigenvalue weighted by molar-refractivity contribution is 5.51. The van der Waals surface area contributed by atoms with E-state index in [9.17, 15) is 0 Å². The van der Waals surface area contributed by atoms with Crippen molar-refractivity contribution in [2.24, 2.45) is 0 Å². The van der Waals surface area contributed by atoms with Gasteiger partial charge in [-0.3, -0.25) is 0 Å². The van der Waals surface area contributed by atoms with Gasteiger partial charge in [-0.1, -0.05) is 19.1 Å². The summed E-state index contributed by atoms with van der Waals surface area (Å²) >= 11 is 0. The fraction of sp³-hybridized carbons (Fsp3) is 0.412. The fourth-order valence-electron chi connectivity index (χ4n) is 2.14. The van der Waals surface area contributed by atoms with Crippen LogP contribution < -0.4 is 10.1 Å². The average Bonchev–Trinajstić information content (AvgIpc) is 2.48. The molecule has 0 aliphatic carbocycles. The van der Waals surface area contributed by atoms with Crippen LogP contribution in [-0.4, -0.2) is 16.5 Å². The molecule has 1 heterocycles. The standard InChI is InChI=1S/C17H23N3O/c1-6-9-18-16-14(5)17(20-10-19-16)21-15-12(3)8-7-11(2)13(15)4/h7-8,10H,6,9H2,1-5H3,(H,18,19,20). The van der Waals surface area contributed by atoms with E-state index in [-0.39, 0.29) is 0 Å². The number of nitrogens with one attached hydrogen (secondary N) is 1. The number of rotatable bonds is 5. The van der Waals surface area contributed by atoms with Gasteiger partial charge >= 0.3 is 0 Å². The lowest BCUT2D eigenvalue weighted by Gasteiger charge is -2.15. The summed E-state index contributed by atoms with van der Waals surface area (Å²) in [6.45, 7) is 11.2. The van der Waals surface area contributed by atoms with Crippen molar-refractivity contribution in [3.05, 3.63) is 40.7 Å². The average molecular weight is 285 g/mol. The largest absolute Gasteiger partial charge is 0.438 e. The topological polar surface area (TPSA) is 47.0 Å². The van der Waals surface area contributed by atoms with Crippen molar-refractivity contribution in [2.45, 2.75) is 41.0 Å². The normalized spacial score (nSPS) is 10.5. The smallest absolute Gasteiger partial charge is 0.227 e. The SMILES string of the molecule is CCCNc1ncnc(Oc2c(C)ccc(C)c2C)c1C. The summed E-state index contributed by atoms with van der Waals surface area (Å²) < 4.78 is 6.08. The Hall–Kier alpha value is -2.10. The van der Waals surface area contributed by atoms with Gasteiger partial charge in [0.1, 0.15) is 17.9 Å². The second kappa shape index (κ2) is 6.57. The zero-order chi connectivity index (χ0) is 15.4. The number of aromatic nitrogens is 2. The van der Waals surface area contributed by atoms with Gasteiger partial charge in [0, 0.05) is 6.54 Å². The Morgan fingerprint density at radius 2 is 1.71 bits per heavy atom. The second-order valence-corrected chi connectivity index (χ2v) is 5.33. The van der Waals surface area contributed by atoms with Crippen LogP contribution in [0.3, 0.4) is 0 Å². The van der Waals surface area contributed by atoms with E-state index >= 15 is 0 Å². The van der Waals surface area contributed by atoms with Crippen LogP contribution >= 0.6 is 0 Å². The fourth-order valence-corrected chi connectivity index (χ4v) is 2.14. The summed E-state index contributed by atoms with van der Waals surface area (Å²) in [4.78, 5) is 8.56. The molecule has 0 saturated carbocycles. The Morgan fingerprint density at radius 3 is 2.43 bits per heavy atom. The van der Waals surface area contributed by atoms with Gasteiger partial charge < -0.3 is 10.1 Å². The van der Waals surface area contributed by atoms with Gasteiger partial charge in [-0.15, -0.1) is 0 Å². The number of hydrogen-bond acceptors (Lipinski definition) is 4. The molecule has 0 amide bonds. The van der Waals surface area contributed by atoms with Crippen LogP contribution in [0, 0.1) is 27.7 Å². The third-order valence-electron chi connectivity index (χ3n) is 3.65. The van der Waals surface area contributed by atoms with Crippen LogP contribution in [0.1, 0.15) is 35.6 Å². The molecule has 21 heavy (non-hydrogen) atoms. The summed E-state index contributed by atoms with van der Waals surface area (Å²) in [6, 6.07) is 4.18. The van der Waals surface area contributed by atoms with Crippen molar-refractivity contribution in [3.8, 4) is 11.6 Å². The van der Waals surface area contributed by atoms with E-state index in [4.69, 9.17) is 4.74 Å². The molecule has 0 aliphatic heterocycles. The Labute approximate surface area is 126 Å². The maximum Gasteiger partial charge on any atom is 0.227 e. The number of benzene rings is 1. The van der Waals surface area contributed by atoms with E-state index in [2.05, 4.69) is 55.1 Å². The van der Waals surface area contributed by atoms with Crippen LogP contribution in [0.5, 0.6) is 11.6 Å². The van der Waals surface area contributed by atoms with Gasteiger partial charge in [0.05, 0.1) is 5.56 Å². The Morgan fingerprint density at radius 1 is 1.00 bits per heavy atom. The summed E-state index contributed by atoms with van der Waals surface area (Å²) in [5.41, 5.74) is 4.41. The molecule has 0 aliphatic rings. The molecule has 1 aromatic carbocycles. The van der Waals surface area contributed by atoms with E-state index in [0.29, 0.717) is 5.88 Å². The zero-order valence-electron chi connectivity index (χ0n) is 13.4. The van der Waals surface area contributed by atoms with E-state index in [0.717, 1.165) is 41.2 Å². The van der Waals surface area contributed by atoms with Crippen LogP contribution in [0.15, 0.2) is 18.5 Å². The van der Waals surface area contributed by atoms with Crippen LogP contribution in [0.2, 0.25) is 0 Å². The lowest BCUT2D eigenvalue weighted by atomic mass is 10.1. The molecular formula is C17H23N3O. The van der Waals surface area contributed by atoms with Crippen molar-refractivity contribution >= 4 is 5.82 Å². The summed E-state index contributed by atoms with van der Waals surface area (Å²) in [5, 5.41) is 3.30. The molecular weight excluding hydrogens is 262 g/mol. The molecule has 0 saturated heterocycles. The third-order valence-corrected chi connectivity index (χ3v) is 3.65. The number of aryl methyl sites for hydroxylation is 2. The van der Waals surface area contributed by atoms with Gasteiger partial charge in [0.15, 0.2) is 0 Å². The molecule has 4 nitrogen and oxygen atoms in total. The van der Waals surface area contributed by atoms with Crippen molar-refractivity contribution in [3.63, 3.8) is 0 Å². The Bertz CT molecular complexity index is 638. The minimum absolute atomic E-state index is 0.611. The monoisotopic (exact) mass is 285 g/mol. The molecule has 0 unspecified atom stereocenters. The molecule has 1 N–H and O–H groups in total. The van der Waals surface area contributed by atoms with Crippen LogP contribution in [0.4, 0.5) is 5.82 Å². The Kier molecular flexibility index (Phi) is 4.78. The summed E-state index contributed by atoms with van der Waals surface area (Å²) in [7, 11) is 0. The molecule has 4 heteroatoms. The highest BCUT2D eigenvalue weighted by Gasteiger charge is 2.12. The first-order chi connectivity index (χ1) is 10.0. The maximum absolute atomic E-state index is 6.08. The first-order valence-corrected chi connectivity index (χ1v) is 7.34. The molecule has 0 fully saturated rings. The van der Waals surface area contributed by atoms with E-state index in [1.165, 1.54) is 5.56 Å². The van der Waals surface area contributed by atoms with Crippen molar-refractivity contribution in [1.29, 1.82) is 0 Å². The van der Waals surface area contributed by atoms with E-state index in [1.54, 1.807) is 6.33 Å². The first-order valence-electron chi connectivity index (χ1n) is 7.34. The summed E-state index contributed by atoms with van der Waals surface area (Å²) in [5.74, 6) is 2.34. The highest BCUT2D eigenvalue weighted by Crippen LogP contribution is 2.32. The van der Waals surface area contributed by atoms with Crippen molar-refractivity contribution < 1.29 is 4.74 Å². The lowest BCUT2D eigenvalue weighted by Crippen LogP contribution is -2.06. The quantitative estimate of drug-likeness (QED) is 0.888. The minimum atomic E-state index is 0.611. The first kappa shape index (κ1) is 15.3. The predicted octanol–water partition coefficient (Wildman–Crippen LogP) is 4.32. The predicted molar refractivity (Wildman–Crippen MR) is 86.3 cm³/mol. The number of ether oxygens (including phenoxy) is 1. The van der Waals surface area contributed by atoms with Crippen molar-refractivity contribution in [1.82, 2.24) is 9.97 Å². The number of nitrogens with zero attached hydrogens (tertiary/aromatic N) is 2. The molecule has 0 atom stereocenters. The molecule has 1 aromatic heterocycles. The Balaban J connectivity index is 2.34. The van der Waals surface area contributed by atoms with Gasteiger partial charge in [0.2, 0.25) is 5.88 Å². The minimum Gasteiger partial charge on any atom is -0.438 e. The molecule has 0 radical (unpaired) electrons.